The summed E-state index contributed by atoms with van der Waals surface area (Å²) in [5, 5.41) is 1.43. The monoisotopic (exact) mass is 288 g/mol. The normalized spacial score (nSPS) is 13.0. The van der Waals surface area contributed by atoms with Gasteiger partial charge in [-0.25, -0.2) is 0 Å². The Hall–Kier alpha value is -0.280. The number of nitrogens with two attached hydrogens (primary N) is 1. The second-order valence-electron chi connectivity index (χ2n) is 5.09. The number of benzene rings is 1. The summed E-state index contributed by atoms with van der Waals surface area (Å²) in [5.41, 5.74) is 3.84. The molecule has 1 unspecified atom stereocenters. The lowest BCUT2D eigenvalue weighted by Crippen LogP contribution is -2.36. The molecule has 1 aromatic rings. The van der Waals surface area contributed by atoms with Gasteiger partial charge in [-0.1, -0.05) is 56.0 Å². The molecule has 0 amide bonds. The number of halogens is 2. The van der Waals surface area contributed by atoms with Gasteiger partial charge in [-0.15, -0.1) is 0 Å². The van der Waals surface area contributed by atoms with Crippen molar-refractivity contribution in [2.75, 3.05) is 0 Å². The number of hydrogen-bond donors (Lipinski definition) is 2. The largest absolute Gasteiger partial charge is 0.271 e. The molecule has 1 rings (SSSR count). The average Bonchev–Trinajstić information content (AvgIpc) is 2.31. The second kappa shape index (κ2) is 8.00. The lowest BCUT2D eigenvalue weighted by molar-refractivity contribution is 0.441. The number of rotatable bonds is 7. The Morgan fingerprint density at radius 2 is 1.78 bits per heavy atom. The van der Waals surface area contributed by atoms with Gasteiger partial charge in [-0.3, -0.25) is 11.3 Å². The van der Waals surface area contributed by atoms with Crippen LogP contribution in [0.25, 0.3) is 0 Å². The molecule has 102 valence electrons. The maximum Gasteiger partial charge on any atom is 0.0453 e. The standard InChI is InChI=1S/C14H22Cl2N2/c1-10(2)5-3-6-11(18-17)9-12-13(15)7-4-8-14(12)16/h4,7-8,10-11,18H,3,5-6,9,17H2,1-2H3. The molecule has 18 heavy (non-hydrogen) atoms. The number of hydrazine groups is 1. The summed E-state index contributed by atoms with van der Waals surface area (Å²) >= 11 is 12.3. The zero-order valence-corrected chi connectivity index (χ0v) is 12.6. The lowest BCUT2D eigenvalue weighted by atomic mass is 9.98. The van der Waals surface area contributed by atoms with Crippen LogP contribution < -0.4 is 11.3 Å². The molecular weight excluding hydrogens is 267 g/mol. The first-order valence-corrected chi connectivity index (χ1v) is 7.19. The van der Waals surface area contributed by atoms with Gasteiger partial charge in [0, 0.05) is 16.1 Å². The highest BCUT2D eigenvalue weighted by atomic mass is 35.5. The van der Waals surface area contributed by atoms with Gasteiger partial charge in [0.2, 0.25) is 0 Å². The summed E-state index contributed by atoms with van der Waals surface area (Å²) in [6.45, 7) is 4.46. The minimum Gasteiger partial charge on any atom is -0.271 e. The predicted octanol–water partition coefficient (Wildman–Crippen LogP) is 4.19. The molecule has 0 spiro atoms. The minimum absolute atomic E-state index is 0.223. The van der Waals surface area contributed by atoms with Gasteiger partial charge >= 0.3 is 0 Å². The predicted molar refractivity (Wildman–Crippen MR) is 80.0 cm³/mol. The fraction of sp³-hybridized carbons (Fsp3) is 0.571. The summed E-state index contributed by atoms with van der Waals surface area (Å²) in [4.78, 5) is 0. The Morgan fingerprint density at radius 1 is 1.17 bits per heavy atom. The van der Waals surface area contributed by atoms with Crippen LogP contribution in [-0.2, 0) is 6.42 Å². The molecular formula is C14H22Cl2N2. The van der Waals surface area contributed by atoms with Crippen molar-refractivity contribution in [3.63, 3.8) is 0 Å². The van der Waals surface area contributed by atoms with Crippen LogP contribution in [0.15, 0.2) is 18.2 Å². The van der Waals surface area contributed by atoms with E-state index < -0.39 is 0 Å². The molecule has 0 saturated carbocycles. The molecule has 0 radical (unpaired) electrons. The summed E-state index contributed by atoms with van der Waals surface area (Å²) in [5.74, 6) is 6.33. The maximum atomic E-state index is 6.16. The Balaban J connectivity index is 2.57. The van der Waals surface area contributed by atoms with Gasteiger partial charge in [-0.05, 0) is 36.5 Å². The number of hydrogen-bond acceptors (Lipinski definition) is 2. The molecule has 2 nitrogen and oxygen atoms in total. The van der Waals surface area contributed by atoms with Crippen LogP contribution >= 0.6 is 23.2 Å². The molecule has 1 aromatic carbocycles. The van der Waals surface area contributed by atoms with E-state index in [-0.39, 0.29) is 6.04 Å². The minimum atomic E-state index is 0.223. The highest BCUT2D eigenvalue weighted by Gasteiger charge is 2.13. The van der Waals surface area contributed by atoms with Gasteiger partial charge in [0.1, 0.15) is 0 Å². The van der Waals surface area contributed by atoms with E-state index in [2.05, 4.69) is 19.3 Å². The topological polar surface area (TPSA) is 38.0 Å². The summed E-state index contributed by atoms with van der Waals surface area (Å²) in [7, 11) is 0. The van der Waals surface area contributed by atoms with Crippen molar-refractivity contribution in [2.24, 2.45) is 11.8 Å². The third-order valence-corrected chi connectivity index (χ3v) is 3.79. The van der Waals surface area contributed by atoms with E-state index in [9.17, 15) is 0 Å². The van der Waals surface area contributed by atoms with E-state index in [1.54, 1.807) is 0 Å². The summed E-state index contributed by atoms with van der Waals surface area (Å²) in [6, 6.07) is 5.81. The van der Waals surface area contributed by atoms with Crippen LogP contribution in [0.4, 0.5) is 0 Å². The Bertz CT molecular complexity index is 347. The smallest absolute Gasteiger partial charge is 0.0453 e. The van der Waals surface area contributed by atoms with E-state index >= 15 is 0 Å². The van der Waals surface area contributed by atoms with Crippen LogP contribution in [0.5, 0.6) is 0 Å². The fourth-order valence-electron chi connectivity index (χ4n) is 1.99. The van der Waals surface area contributed by atoms with Crippen molar-refractivity contribution >= 4 is 23.2 Å². The van der Waals surface area contributed by atoms with Crippen molar-refractivity contribution in [3.05, 3.63) is 33.8 Å². The van der Waals surface area contributed by atoms with E-state index in [0.29, 0.717) is 10.0 Å². The van der Waals surface area contributed by atoms with E-state index in [1.807, 2.05) is 18.2 Å². The first kappa shape index (κ1) is 15.8. The Kier molecular flexibility index (Phi) is 7.02. The highest BCUT2D eigenvalue weighted by molar-refractivity contribution is 6.35. The quantitative estimate of drug-likeness (QED) is 0.583. The first-order valence-electron chi connectivity index (χ1n) is 6.43. The van der Waals surface area contributed by atoms with E-state index in [4.69, 9.17) is 29.0 Å². The Morgan fingerprint density at radius 3 is 2.28 bits per heavy atom. The zero-order chi connectivity index (χ0) is 13.5. The molecule has 0 aromatic heterocycles. The van der Waals surface area contributed by atoms with Crippen molar-refractivity contribution in [1.82, 2.24) is 5.43 Å². The van der Waals surface area contributed by atoms with Crippen molar-refractivity contribution < 1.29 is 0 Å². The van der Waals surface area contributed by atoms with E-state index in [1.165, 1.54) is 6.42 Å². The van der Waals surface area contributed by atoms with Crippen LogP contribution in [0, 0.1) is 5.92 Å². The summed E-state index contributed by atoms with van der Waals surface area (Å²) in [6.07, 6.45) is 4.19. The molecule has 0 fully saturated rings. The van der Waals surface area contributed by atoms with Crippen LogP contribution in [0.2, 0.25) is 10.0 Å². The lowest BCUT2D eigenvalue weighted by Gasteiger charge is -2.18. The molecule has 0 aliphatic rings. The van der Waals surface area contributed by atoms with E-state index in [0.717, 1.165) is 30.7 Å². The molecule has 3 N–H and O–H groups in total. The van der Waals surface area contributed by atoms with Gasteiger partial charge in [0.25, 0.3) is 0 Å². The van der Waals surface area contributed by atoms with Crippen molar-refractivity contribution in [3.8, 4) is 0 Å². The molecule has 0 saturated heterocycles. The van der Waals surface area contributed by atoms with Crippen LogP contribution in [0.3, 0.4) is 0 Å². The second-order valence-corrected chi connectivity index (χ2v) is 5.91. The highest BCUT2D eigenvalue weighted by Crippen LogP contribution is 2.26. The van der Waals surface area contributed by atoms with Gasteiger partial charge in [0.05, 0.1) is 0 Å². The first-order chi connectivity index (χ1) is 8.54. The fourth-order valence-corrected chi connectivity index (χ4v) is 2.54. The SMILES string of the molecule is CC(C)CCCC(Cc1c(Cl)cccc1Cl)NN. The molecule has 0 aliphatic carbocycles. The molecule has 0 bridgehead atoms. The van der Waals surface area contributed by atoms with Gasteiger partial charge in [0.15, 0.2) is 0 Å². The third kappa shape index (κ3) is 5.15. The molecule has 0 heterocycles. The zero-order valence-electron chi connectivity index (χ0n) is 11.0. The third-order valence-electron chi connectivity index (χ3n) is 3.08. The van der Waals surface area contributed by atoms with Gasteiger partial charge in [-0.2, -0.15) is 0 Å². The van der Waals surface area contributed by atoms with Crippen LogP contribution in [-0.4, -0.2) is 6.04 Å². The van der Waals surface area contributed by atoms with Crippen molar-refractivity contribution in [1.29, 1.82) is 0 Å². The van der Waals surface area contributed by atoms with Gasteiger partial charge < -0.3 is 0 Å². The van der Waals surface area contributed by atoms with Crippen LogP contribution in [0.1, 0.15) is 38.7 Å². The maximum absolute atomic E-state index is 6.16. The Labute approximate surface area is 120 Å². The molecule has 4 heteroatoms. The average molecular weight is 289 g/mol. The molecule has 0 aliphatic heterocycles. The number of nitrogens with one attached hydrogen (secondary N) is 1. The molecule has 1 atom stereocenters. The summed E-state index contributed by atoms with van der Waals surface area (Å²) < 4.78 is 0. The van der Waals surface area contributed by atoms with Crippen molar-refractivity contribution in [2.45, 2.75) is 45.6 Å².